The number of ether oxygens (including phenoxy) is 1. The van der Waals surface area contributed by atoms with Crippen molar-refractivity contribution in [2.75, 3.05) is 0 Å². The van der Waals surface area contributed by atoms with Gasteiger partial charge in [-0.2, -0.15) is 0 Å². The molecule has 3 aromatic carbocycles. The molecular formula is C28H28FNO5S. The molecule has 36 heavy (non-hydrogen) atoms. The minimum Gasteiger partial charge on any atom is -0.489 e. The summed E-state index contributed by atoms with van der Waals surface area (Å²) in [6.07, 6.45) is 2.35. The van der Waals surface area contributed by atoms with Crippen molar-refractivity contribution in [3.05, 3.63) is 83.2 Å². The lowest BCUT2D eigenvalue weighted by Crippen LogP contribution is -2.41. The maximum Gasteiger partial charge on any atom is 0.321 e. The number of carbonyl (C=O) groups excluding carboxylic acids is 1. The number of carbonyl (C=O) groups is 2. The molecular weight excluding hydrogens is 481 g/mol. The molecule has 188 valence electrons. The number of ketones is 1. The third kappa shape index (κ3) is 5.88. The summed E-state index contributed by atoms with van der Waals surface area (Å²) >= 11 is 0. The van der Waals surface area contributed by atoms with Gasteiger partial charge in [0.1, 0.15) is 35.2 Å². The Kier molecular flexibility index (Phi) is 7.96. The summed E-state index contributed by atoms with van der Waals surface area (Å²) < 4.78 is 35.7. The van der Waals surface area contributed by atoms with E-state index < -0.39 is 28.8 Å². The molecule has 0 radical (unpaired) electrons. The quantitative estimate of drug-likeness (QED) is 0.408. The van der Waals surface area contributed by atoms with Crippen LogP contribution < -0.4 is 9.46 Å². The molecule has 2 unspecified atom stereocenters. The van der Waals surface area contributed by atoms with E-state index in [1.807, 2.05) is 42.5 Å². The lowest BCUT2D eigenvalue weighted by Gasteiger charge is -2.17. The highest BCUT2D eigenvalue weighted by Gasteiger charge is 2.25. The van der Waals surface area contributed by atoms with E-state index >= 15 is 0 Å². The van der Waals surface area contributed by atoms with Gasteiger partial charge in [0.05, 0.1) is 4.90 Å². The van der Waals surface area contributed by atoms with Crippen LogP contribution in [0, 0.1) is 11.7 Å². The Bertz CT molecular complexity index is 1310. The number of rotatable bonds is 9. The maximum absolute atomic E-state index is 14.7. The van der Waals surface area contributed by atoms with E-state index in [0.717, 1.165) is 40.8 Å². The fourth-order valence-electron chi connectivity index (χ4n) is 4.15. The first-order chi connectivity index (χ1) is 17.2. The van der Waals surface area contributed by atoms with Crippen LogP contribution in [0.15, 0.2) is 65.6 Å². The number of Topliss-reactive ketones (excluding diaryl/α,β-unsaturated/α-hetero) is 1. The molecule has 0 fully saturated rings. The maximum atomic E-state index is 14.7. The minimum atomic E-state index is -2.00. The Hall–Kier alpha value is -3.36. The van der Waals surface area contributed by atoms with Gasteiger partial charge in [-0.15, -0.1) is 0 Å². The normalized spacial score (nSPS) is 14.8. The standard InChI is InChI=1S/C28H28FNO5S/c1-17(2)27(28(32)33)30-36(34)26-13-10-20(15-24(26)29)19-8-6-18(7-9-19)16-35-22-11-12-23-21(14-22)4-3-5-25(23)31/h6-15,17,27,30H,3-5,16H2,1-2H3,(H,32,33). The van der Waals surface area contributed by atoms with Crippen LogP contribution in [0.25, 0.3) is 11.1 Å². The first kappa shape index (κ1) is 25.7. The average molecular weight is 510 g/mol. The molecule has 6 nitrogen and oxygen atoms in total. The largest absolute Gasteiger partial charge is 0.489 e. The van der Waals surface area contributed by atoms with E-state index in [1.54, 1.807) is 19.9 Å². The second-order valence-electron chi connectivity index (χ2n) is 9.17. The molecule has 0 aromatic heterocycles. The molecule has 0 bridgehead atoms. The number of hydrogen-bond acceptors (Lipinski definition) is 4. The van der Waals surface area contributed by atoms with Crippen molar-refractivity contribution in [1.82, 2.24) is 4.72 Å². The Balaban J connectivity index is 1.41. The number of carboxylic acids is 1. The molecule has 0 saturated heterocycles. The number of aryl methyl sites for hydroxylation is 1. The highest BCUT2D eigenvalue weighted by molar-refractivity contribution is 7.83. The van der Waals surface area contributed by atoms with E-state index in [-0.39, 0.29) is 16.6 Å². The summed E-state index contributed by atoms with van der Waals surface area (Å²) in [5.41, 5.74) is 4.14. The second kappa shape index (κ2) is 11.1. The number of halogens is 1. The summed E-state index contributed by atoms with van der Waals surface area (Å²) in [4.78, 5) is 23.2. The molecule has 0 saturated carbocycles. The number of fused-ring (bicyclic) bond motifs is 1. The highest BCUT2D eigenvalue weighted by Crippen LogP contribution is 2.27. The van der Waals surface area contributed by atoms with Crippen molar-refractivity contribution in [2.24, 2.45) is 5.92 Å². The zero-order chi connectivity index (χ0) is 25.8. The van der Waals surface area contributed by atoms with E-state index in [1.165, 1.54) is 12.1 Å². The Morgan fingerprint density at radius 2 is 1.78 bits per heavy atom. The lowest BCUT2D eigenvalue weighted by molar-refractivity contribution is -0.140. The van der Waals surface area contributed by atoms with Gasteiger partial charge >= 0.3 is 5.97 Å². The average Bonchev–Trinajstić information content (AvgIpc) is 2.86. The summed E-state index contributed by atoms with van der Waals surface area (Å²) in [6, 6.07) is 16.4. The van der Waals surface area contributed by atoms with Gasteiger partial charge in [-0.25, -0.2) is 13.3 Å². The van der Waals surface area contributed by atoms with Gasteiger partial charge in [-0.1, -0.05) is 44.2 Å². The van der Waals surface area contributed by atoms with Gasteiger partial charge in [0.2, 0.25) is 0 Å². The topological polar surface area (TPSA) is 92.7 Å². The molecule has 2 N–H and O–H groups in total. The molecule has 8 heteroatoms. The molecule has 0 amide bonds. The van der Waals surface area contributed by atoms with Gasteiger partial charge in [-0.05, 0) is 71.3 Å². The summed E-state index contributed by atoms with van der Waals surface area (Å²) in [6.45, 7) is 3.73. The van der Waals surface area contributed by atoms with Crippen molar-refractivity contribution in [3.63, 3.8) is 0 Å². The van der Waals surface area contributed by atoms with Crippen molar-refractivity contribution in [3.8, 4) is 16.9 Å². The van der Waals surface area contributed by atoms with Gasteiger partial charge in [-0.3, -0.25) is 9.59 Å². The van der Waals surface area contributed by atoms with Crippen molar-refractivity contribution < 1.29 is 28.0 Å². The summed E-state index contributed by atoms with van der Waals surface area (Å²) in [5, 5.41) is 9.27. The predicted molar refractivity (Wildman–Crippen MR) is 136 cm³/mol. The third-order valence-corrected chi connectivity index (χ3v) is 7.42. The van der Waals surface area contributed by atoms with Crippen LogP contribution >= 0.6 is 0 Å². The van der Waals surface area contributed by atoms with Crippen LogP contribution in [-0.4, -0.2) is 27.1 Å². The van der Waals surface area contributed by atoms with Crippen LogP contribution in [-0.2, 0) is 28.8 Å². The first-order valence-corrected chi connectivity index (χ1v) is 13.0. The lowest BCUT2D eigenvalue weighted by atomic mass is 9.90. The zero-order valence-electron chi connectivity index (χ0n) is 20.1. The van der Waals surface area contributed by atoms with Crippen LogP contribution in [0.1, 0.15) is 48.2 Å². The minimum absolute atomic E-state index is 0.0950. The SMILES string of the molecule is CC(C)C(NS(=O)c1ccc(-c2ccc(COc3ccc4c(c3)CCCC4=O)cc2)cc1F)C(=O)O. The Labute approximate surface area is 212 Å². The molecule has 0 spiro atoms. The van der Waals surface area contributed by atoms with Gasteiger partial charge < -0.3 is 9.84 Å². The van der Waals surface area contributed by atoms with E-state index in [4.69, 9.17) is 4.74 Å². The number of nitrogens with one attached hydrogen (secondary N) is 1. The van der Waals surface area contributed by atoms with Crippen molar-refractivity contribution in [2.45, 2.75) is 50.7 Å². The van der Waals surface area contributed by atoms with Crippen molar-refractivity contribution >= 4 is 22.7 Å². The molecule has 3 aromatic rings. The Morgan fingerprint density at radius 1 is 1.06 bits per heavy atom. The highest BCUT2D eigenvalue weighted by atomic mass is 32.2. The van der Waals surface area contributed by atoms with Gasteiger partial charge in [0, 0.05) is 12.0 Å². The number of carboxylic acid groups (broad SMARTS) is 1. The number of benzene rings is 3. The van der Waals surface area contributed by atoms with Crippen molar-refractivity contribution in [1.29, 1.82) is 0 Å². The van der Waals surface area contributed by atoms with E-state index in [9.17, 15) is 23.3 Å². The second-order valence-corrected chi connectivity index (χ2v) is 10.4. The molecule has 0 aliphatic heterocycles. The molecule has 4 rings (SSSR count). The third-order valence-electron chi connectivity index (χ3n) is 6.22. The van der Waals surface area contributed by atoms with Gasteiger partial charge in [0.15, 0.2) is 5.78 Å². The predicted octanol–water partition coefficient (Wildman–Crippen LogP) is 5.31. The van der Waals surface area contributed by atoms with Crippen LogP contribution in [0.5, 0.6) is 5.75 Å². The van der Waals surface area contributed by atoms with Crippen LogP contribution in [0.4, 0.5) is 4.39 Å². The fraction of sp³-hybridized carbons (Fsp3) is 0.286. The monoisotopic (exact) mass is 509 g/mol. The molecule has 1 aliphatic carbocycles. The van der Waals surface area contributed by atoms with Crippen LogP contribution in [0.3, 0.4) is 0 Å². The first-order valence-electron chi connectivity index (χ1n) is 11.8. The summed E-state index contributed by atoms with van der Waals surface area (Å²) in [7, 11) is -2.00. The smallest absolute Gasteiger partial charge is 0.321 e. The number of aliphatic carboxylic acids is 1. The van der Waals surface area contributed by atoms with Gasteiger partial charge in [0.25, 0.3) is 0 Å². The molecule has 1 aliphatic rings. The fourth-order valence-corrected chi connectivity index (χ4v) is 5.31. The summed E-state index contributed by atoms with van der Waals surface area (Å²) in [5.74, 6) is -1.22. The van der Waals surface area contributed by atoms with E-state index in [2.05, 4.69) is 4.72 Å². The molecule has 2 atom stereocenters. The van der Waals surface area contributed by atoms with E-state index in [0.29, 0.717) is 18.6 Å². The Morgan fingerprint density at radius 3 is 2.44 bits per heavy atom. The number of hydrogen-bond donors (Lipinski definition) is 2. The molecule has 0 heterocycles. The zero-order valence-corrected chi connectivity index (χ0v) is 20.9. The van der Waals surface area contributed by atoms with Crippen LogP contribution in [0.2, 0.25) is 0 Å².